The molecule has 26 heavy (non-hydrogen) atoms. The molecule has 6 nitrogen and oxygen atoms in total. The molecule has 2 aromatic rings. The van der Waals surface area contributed by atoms with Gasteiger partial charge in [-0.25, -0.2) is 4.79 Å². The van der Waals surface area contributed by atoms with Crippen LogP contribution in [0.3, 0.4) is 0 Å². The summed E-state index contributed by atoms with van der Waals surface area (Å²) in [6, 6.07) is 10.7. The van der Waals surface area contributed by atoms with E-state index in [0.29, 0.717) is 37.6 Å². The van der Waals surface area contributed by atoms with E-state index in [-0.39, 0.29) is 23.9 Å². The van der Waals surface area contributed by atoms with Gasteiger partial charge < -0.3 is 19.9 Å². The molecule has 2 aromatic carbocycles. The summed E-state index contributed by atoms with van der Waals surface area (Å²) in [4.78, 5) is 23.6. The van der Waals surface area contributed by atoms with Gasteiger partial charge in [-0.2, -0.15) is 0 Å². The maximum atomic E-state index is 12.5. The van der Waals surface area contributed by atoms with Crippen LogP contribution in [0, 0.1) is 0 Å². The lowest BCUT2D eigenvalue weighted by atomic mass is 10.1. The number of nitrogens with one attached hydrogen (secondary N) is 1. The zero-order chi connectivity index (χ0) is 18.1. The number of aromatic carboxylic acids is 1. The second kappa shape index (κ2) is 6.71. The number of hydrogen-bond acceptors (Lipinski definition) is 4. The van der Waals surface area contributed by atoms with Gasteiger partial charge in [0, 0.05) is 11.6 Å². The maximum Gasteiger partial charge on any atom is 0.335 e. The van der Waals surface area contributed by atoms with Gasteiger partial charge in [-0.05, 0) is 42.2 Å². The molecule has 1 aliphatic heterocycles. The summed E-state index contributed by atoms with van der Waals surface area (Å²) >= 11 is 0. The van der Waals surface area contributed by atoms with Crippen LogP contribution in [0.5, 0.6) is 11.5 Å². The van der Waals surface area contributed by atoms with Crippen LogP contribution in [-0.4, -0.2) is 36.2 Å². The summed E-state index contributed by atoms with van der Waals surface area (Å²) in [6.07, 6.45) is 1.59. The third-order valence-corrected chi connectivity index (χ3v) is 4.75. The minimum Gasteiger partial charge on any atom is -0.486 e. The highest BCUT2D eigenvalue weighted by Gasteiger charge is 2.25. The van der Waals surface area contributed by atoms with Gasteiger partial charge in [-0.15, -0.1) is 0 Å². The zero-order valence-electron chi connectivity index (χ0n) is 14.2. The lowest BCUT2D eigenvalue weighted by Crippen LogP contribution is -2.36. The van der Waals surface area contributed by atoms with E-state index < -0.39 is 5.97 Å². The third kappa shape index (κ3) is 3.22. The number of benzene rings is 2. The Labute approximate surface area is 150 Å². The summed E-state index contributed by atoms with van der Waals surface area (Å²) in [5.74, 6) is 0.311. The van der Waals surface area contributed by atoms with Crippen LogP contribution >= 0.6 is 0 Å². The number of rotatable bonds is 4. The minimum absolute atomic E-state index is 0.0155. The van der Waals surface area contributed by atoms with Crippen LogP contribution in [-0.2, 0) is 24.1 Å². The lowest BCUT2D eigenvalue weighted by Gasteiger charge is -2.21. The molecular weight excluding hydrogens is 334 g/mol. The van der Waals surface area contributed by atoms with Gasteiger partial charge in [0.15, 0.2) is 11.5 Å². The normalized spacial score (nSPS) is 17.5. The topological polar surface area (TPSA) is 84.9 Å². The third-order valence-electron chi connectivity index (χ3n) is 4.75. The number of fused-ring (bicyclic) bond motifs is 2. The summed E-state index contributed by atoms with van der Waals surface area (Å²) < 4.78 is 11.2. The van der Waals surface area contributed by atoms with Crippen molar-refractivity contribution in [3.05, 3.63) is 58.7 Å². The van der Waals surface area contributed by atoms with Gasteiger partial charge in [-0.1, -0.05) is 18.2 Å². The van der Waals surface area contributed by atoms with E-state index in [4.69, 9.17) is 14.6 Å². The molecule has 134 valence electrons. The van der Waals surface area contributed by atoms with E-state index in [9.17, 15) is 9.59 Å². The molecule has 1 unspecified atom stereocenters. The Bertz CT molecular complexity index is 877. The van der Waals surface area contributed by atoms with Crippen molar-refractivity contribution < 1.29 is 24.2 Å². The highest BCUT2D eigenvalue weighted by atomic mass is 16.6. The predicted octanol–water partition coefficient (Wildman–Crippen LogP) is 1.98. The van der Waals surface area contributed by atoms with E-state index in [0.717, 1.165) is 16.7 Å². The number of ether oxygens (including phenoxy) is 2. The van der Waals surface area contributed by atoms with E-state index in [1.165, 1.54) is 0 Å². The monoisotopic (exact) mass is 353 g/mol. The van der Waals surface area contributed by atoms with Gasteiger partial charge in [0.2, 0.25) is 5.91 Å². The Morgan fingerprint density at radius 3 is 2.73 bits per heavy atom. The number of amides is 1. The largest absolute Gasteiger partial charge is 0.486 e. The number of carbonyl (C=O) groups is 2. The Balaban J connectivity index is 1.41. The molecule has 2 N–H and O–H groups in total. The summed E-state index contributed by atoms with van der Waals surface area (Å²) in [5, 5.41) is 12.1. The number of carbonyl (C=O) groups excluding carboxylic acids is 1. The molecule has 0 saturated carbocycles. The minimum atomic E-state index is -0.934. The molecule has 1 aliphatic carbocycles. The summed E-state index contributed by atoms with van der Waals surface area (Å²) in [5.41, 5.74) is 3.17. The second-order valence-electron chi connectivity index (χ2n) is 6.58. The maximum absolute atomic E-state index is 12.5. The van der Waals surface area contributed by atoms with Gasteiger partial charge in [0.1, 0.15) is 13.2 Å². The van der Waals surface area contributed by atoms with Crippen LogP contribution in [0.2, 0.25) is 0 Å². The van der Waals surface area contributed by atoms with Crippen LogP contribution in [0.15, 0.2) is 36.4 Å². The van der Waals surface area contributed by atoms with Gasteiger partial charge in [-0.3, -0.25) is 4.79 Å². The highest BCUT2D eigenvalue weighted by molar-refractivity contribution is 5.88. The number of para-hydroxylation sites is 1. The molecule has 2 aliphatic rings. The Hall–Kier alpha value is -3.02. The number of carboxylic acid groups (broad SMARTS) is 1. The van der Waals surface area contributed by atoms with Crippen LogP contribution in [0.4, 0.5) is 0 Å². The lowest BCUT2D eigenvalue weighted by molar-refractivity contribution is -0.121. The second-order valence-corrected chi connectivity index (χ2v) is 6.58. The molecule has 1 atom stereocenters. The van der Waals surface area contributed by atoms with Crippen molar-refractivity contribution in [2.75, 3.05) is 13.2 Å². The van der Waals surface area contributed by atoms with Crippen molar-refractivity contribution in [1.29, 1.82) is 0 Å². The Morgan fingerprint density at radius 1 is 1.08 bits per heavy atom. The first-order chi connectivity index (χ1) is 12.6. The van der Waals surface area contributed by atoms with E-state index in [2.05, 4.69) is 5.32 Å². The molecule has 0 saturated heterocycles. The average Bonchev–Trinajstić information content (AvgIpc) is 3.03. The fraction of sp³-hybridized carbons (Fsp3) is 0.300. The van der Waals surface area contributed by atoms with Gasteiger partial charge in [0.05, 0.1) is 12.0 Å². The summed E-state index contributed by atoms with van der Waals surface area (Å²) in [7, 11) is 0. The fourth-order valence-electron chi connectivity index (χ4n) is 3.58. The Kier molecular flexibility index (Phi) is 4.24. The van der Waals surface area contributed by atoms with Crippen molar-refractivity contribution in [3.8, 4) is 11.5 Å². The molecule has 0 spiro atoms. The molecular formula is C20H19NO5. The molecule has 0 aromatic heterocycles. The Morgan fingerprint density at radius 2 is 1.88 bits per heavy atom. The first-order valence-electron chi connectivity index (χ1n) is 8.62. The van der Waals surface area contributed by atoms with Crippen molar-refractivity contribution in [3.63, 3.8) is 0 Å². The van der Waals surface area contributed by atoms with Crippen molar-refractivity contribution in [1.82, 2.24) is 5.32 Å². The van der Waals surface area contributed by atoms with Crippen LogP contribution in [0.25, 0.3) is 0 Å². The molecule has 0 radical (unpaired) electrons. The molecule has 1 amide bonds. The fourth-order valence-corrected chi connectivity index (χ4v) is 3.58. The quantitative estimate of drug-likeness (QED) is 0.878. The number of hydrogen-bond donors (Lipinski definition) is 2. The summed E-state index contributed by atoms with van der Waals surface area (Å²) in [6.45, 7) is 0.997. The van der Waals surface area contributed by atoms with E-state index in [1.54, 1.807) is 12.1 Å². The van der Waals surface area contributed by atoms with Crippen molar-refractivity contribution in [2.24, 2.45) is 0 Å². The average molecular weight is 353 g/mol. The van der Waals surface area contributed by atoms with E-state index in [1.807, 2.05) is 24.3 Å². The van der Waals surface area contributed by atoms with E-state index >= 15 is 0 Å². The smallest absolute Gasteiger partial charge is 0.335 e. The van der Waals surface area contributed by atoms with Crippen molar-refractivity contribution >= 4 is 11.9 Å². The number of carboxylic acids is 1. The predicted molar refractivity (Wildman–Crippen MR) is 93.9 cm³/mol. The van der Waals surface area contributed by atoms with Gasteiger partial charge in [0.25, 0.3) is 0 Å². The van der Waals surface area contributed by atoms with Crippen LogP contribution < -0.4 is 14.8 Å². The van der Waals surface area contributed by atoms with Crippen molar-refractivity contribution in [2.45, 2.75) is 25.3 Å². The molecule has 6 heteroatoms. The molecule has 0 bridgehead atoms. The van der Waals surface area contributed by atoms with Crippen LogP contribution in [0.1, 0.15) is 27.0 Å². The molecule has 0 fully saturated rings. The first kappa shape index (κ1) is 16.4. The first-order valence-corrected chi connectivity index (χ1v) is 8.62. The molecule has 4 rings (SSSR count). The molecule has 1 heterocycles. The SMILES string of the molecule is O=C(Cc1cccc2c1OCCO2)NC1Cc2ccc(C(=O)O)cc2C1. The zero-order valence-corrected chi connectivity index (χ0v) is 14.2. The van der Waals surface area contributed by atoms with Gasteiger partial charge >= 0.3 is 5.97 Å². The highest BCUT2D eigenvalue weighted by Crippen LogP contribution is 2.34. The standard InChI is InChI=1S/C20H19NO5/c22-18(11-13-2-1-3-17-19(13)26-7-6-25-17)21-16-9-12-4-5-14(20(23)24)8-15(12)10-16/h1-5,8,16H,6-7,9-11H2,(H,21,22)(H,23,24).